The number of carbonyl (C=O) groups excluding carboxylic acids is 12. The van der Waals surface area contributed by atoms with E-state index in [0.717, 1.165) is 0 Å². The number of carbonyl (C=O) groups is 15. The molecular formula is C72H116N20O19. The van der Waals surface area contributed by atoms with Gasteiger partial charge in [-0.3, -0.25) is 72.1 Å². The predicted octanol–water partition coefficient (Wildman–Crippen LogP) is -4.17. The number of imidazole rings is 1. The molecule has 3 heterocycles. The number of hydrogen-bond acceptors (Lipinski definition) is 21. The number of amides is 12. The van der Waals surface area contributed by atoms with Gasteiger partial charge in [0, 0.05) is 50.8 Å². The Bertz CT molecular complexity index is 3470. The van der Waals surface area contributed by atoms with E-state index in [-0.39, 0.29) is 127 Å². The first-order valence-electron chi connectivity index (χ1n) is 37.7. The summed E-state index contributed by atoms with van der Waals surface area (Å²) in [5.41, 5.74) is 29.2. The van der Waals surface area contributed by atoms with Crippen molar-refractivity contribution in [2.45, 2.75) is 242 Å². The largest absolute Gasteiger partial charge is 0.481 e. The van der Waals surface area contributed by atoms with Crippen molar-refractivity contribution in [3.63, 3.8) is 0 Å². The topological polar surface area (TPSA) is 635 Å². The Morgan fingerprint density at radius 3 is 1.54 bits per heavy atom. The zero-order valence-electron chi connectivity index (χ0n) is 64.0. The number of aliphatic carboxylic acids is 3. The Morgan fingerprint density at radius 1 is 0.523 bits per heavy atom. The summed E-state index contributed by atoms with van der Waals surface area (Å²) in [6, 6.07) is -10.2. The van der Waals surface area contributed by atoms with Crippen LogP contribution in [0.2, 0.25) is 0 Å². The van der Waals surface area contributed by atoms with Gasteiger partial charge in [0.05, 0.1) is 25.4 Å². The van der Waals surface area contributed by atoms with Crippen LogP contribution in [0.1, 0.15) is 162 Å². The summed E-state index contributed by atoms with van der Waals surface area (Å²) in [5.74, 6) is -16.5. The second kappa shape index (κ2) is 47.6. The molecule has 25 N–H and O–H groups in total. The Hall–Kier alpha value is -10.4. The smallest absolute Gasteiger partial charge is 0.326 e. The molecule has 1 unspecified atom stereocenters. The highest BCUT2D eigenvalue weighted by Crippen LogP contribution is 2.24. The number of aromatic amines is 1. The number of carboxylic acid groups (broad SMARTS) is 3. The Labute approximate surface area is 644 Å². The maximum atomic E-state index is 15.0. The standard InChI is InChI=1S/C72H116N20O19/c1-39(2)31-48(84-63(102)49(33-42-17-8-7-9-18-42)85-60(99)46(24-25-56(94)95)81-59(98)44(75)19-10-12-26-73)62(101)88-52(34-43-36-78-38-80-43)70(109)92-30-16-23-55(92)67(106)89-53(37-93)65(104)82-45(20-11-13-27-74)61(100)90-58(41(5)6)68(107)86-50(35-57(96)97)64(103)87-51(32-40(3)4)69(108)91-29-15-22-54(91)66(105)83-47(71(110)111)21-14-28-79-72(76)77/h7-9,17-18,36,38-41,44-55,58,93H,10-16,19-35,37,73-75H2,1-6H3,(H,78,80)(H,81,98)(H,82,104)(H,83,105)(H,84,102)(H,85,99)(H,86,107)(H,87,103)(H,88,101)(H,89,106)(H,90,100)(H,94,95)(H,96,97)(H,110,111)(H4,76,77,79)/t44-,45-,46-,47?,48-,49-,50-,51-,52-,53-,54-,55-,58-/m0/s1. The van der Waals surface area contributed by atoms with Gasteiger partial charge in [-0.2, -0.15) is 0 Å². The minimum Gasteiger partial charge on any atom is -0.481 e. The molecule has 0 saturated carbocycles. The highest BCUT2D eigenvalue weighted by molar-refractivity contribution is 6.01. The molecule has 2 saturated heterocycles. The number of aliphatic imine (C=N–C) groups is 1. The van der Waals surface area contributed by atoms with Crippen molar-refractivity contribution in [2.75, 3.05) is 39.3 Å². The Balaban J connectivity index is 1.54. The Morgan fingerprint density at radius 2 is 1.00 bits per heavy atom. The van der Waals surface area contributed by atoms with Crippen LogP contribution < -0.4 is 81.8 Å². The number of guanidine groups is 1. The van der Waals surface area contributed by atoms with Crippen molar-refractivity contribution in [1.29, 1.82) is 0 Å². The van der Waals surface area contributed by atoms with E-state index in [2.05, 4.69) is 68.1 Å². The van der Waals surface area contributed by atoms with Gasteiger partial charge < -0.3 is 117 Å². The average molecular weight is 1570 g/mol. The number of benzene rings is 1. The summed E-state index contributed by atoms with van der Waals surface area (Å²) < 4.78 is 0. The summed E-state index contributed by atoms with van der Waals surface area (Å²) in [6.45, 7) is 9.61. The molecule has 39 nitrogen and oxygen atoms in total. The number of nitrogens with zero attached hydrogens (tertiary/aromatic N) is 4. The maximum Gasteiger partial charge on any atom is 0.326 e. The van der Waals surface area contributed by atoms with E-state index >= 15 is 0 Å². The molecular weight excluding hydrogens is 1450 g/mol. The average Bonchev–Trinajstić information content (AvgIpc) is 1.75. The number of aliphatic hydroxyl groups is 1. The number of rotatable bonds is 50. The first kappa shape index (κ1) is 93.0. The second-order valence-corrected chi connectivity index (χ2v) is 29.1. The molecule has 39 heteroatoms. The van der Waals surface area contributed by atoms with Gasteiger partial charge in [-0.25, -0.2) is 9.78 Å². The molecule has 2 aliphatic rings. The summed E-state index contributed by atoms with van der Waals surface area (Å²) in [4.78, 5) is 220. The lowest BCUT2D eigenvalue weighted by Crippen LogP contribution is -2.62. The first-order chi connectivity index (χ1) is 52.6. The van der Waals surface area contributed by atoms with Gasteiger partial charge in [0.15, 0.2) is 5.96 Å². The number of H-pyrrole nitrogens is 1. The van der Waals surface area contributed by atoms with E-state index in [9.17, 15) is 92.3 Å². The van der Waals surface area contributed by atoms with Crippen molar-refractivity contribution >= 4 is 94.8 Å². The number of hydrogen-bond donors (Lipinski definition) is 20. The number of aliphatic hydroxyl groups excluding tert-OH is 1. The van der Waals surface area contributed by atoms with Crippen molar-refractivity contribution < 1.29 is 92.3 Å². The molecule has 13 atom stereocenters. The van der Waals surface area contributed by atoms with E-state index in [1.54, 1.807) is 58.0 Å². The van der Waals surface area contributed by atoms with Crippen molar-refractivity contribution in [3.8, 4) is 0 Å². The SMILES string of the molecule is CC(C)C[C@H](NC(=O)[C@H](Cc1ccccc1)NC(=O)[C@H](CCC(=O)O)NC(=O)[C@@H](N)CCCCN)C(=O)N[C@@H](Cc1cnc[nH]1)C(=O)N1CCC[C@H]1C(=O)N[C@@H](CO)C(=O)N[C@@H](CCCCN)C(=O)N[C@H](C(=O)N[C@@H](CC(=O)O)C(=O)N[C@@H](CC(C)C)C(=O)N1CCC[C@H]1C(=O)NC(CCCN=C(N)N)C(=O)O)C(C)C. The normalized spacial score (nSPS) is 17.0. The lowest BCUT2D eigenvalue weighted by molar-refractivity contribution is -0.145. The van der Waals surface area contributed by atoms with E-state index in [1.807, 2.05) is 0 Å². The lowest BCUT2D eigenvalue weighted by atomic mass is 9.99. The maximum absolute atomic E-state index is 15.0. The minimum absolute atomic E-state index is 0.0157. The van der Waals surface area contributed by atoms with E-state index < -0.39 is 193 Å². The molecule has 0 bridgehead atoms. The number of unbranched alkanes of at least 4 members (excludes halogenated alkanes) is 2. The highest BCUT2D eigenvalue weighted by atomic mass is 16.4. The van der Waals surface area contributed by atoms with Gasteiger partial charge in [-0.1, -0.05) is 78.3 Å². The molecule has 12 amide bonds. The van der Waals surface area contributed by atoms with Gasteiger partial charge in [0.25, 0.3) is 0 Å². The lowest BCUT2D eigenvalue weighted by Gasteiger charge is -2.31. The van der Waals surface area contributed by atoms with Crippen molar-refractivity contribution in [3.05, 3.63) is 54.1 Å². The fourth-order valence-electron chi connectivity index (χ4n) is 12.8. The van der Waals surface area contributed by atoms with Crippen LogP contribution in [0.5, 0.6) is 0 Å². The molecule has 0 radical (unpaired) electrons. The minimum atomic E-state index is -1.87. The first-order valence-corrected chi connectivity index (χ1v) is 37.7. The molecule has 4 rings (SSSR count). The fourth-order valence-corrected chi connectivity index (χ4v) is 12.8. The number of nitrogens with one attached hydrogen (secondary N) is 11. The van der Waals surface area contributed by atoms with Gasteiger partial charge in [0.1, 0.15) is 72.5 Å². The molecule has 618 valence electrons. The number of likely N-dealkylation sites (tertiary alicyclic amines) is 2. The Kier molecular flexibility index (Phi) is 39.9. The molecule has 2 aliphatic heterocycles. The monoisotopic (exact) mass is 1560 g/mol. The molecule has 0 spiro atoms. The van der Waals surface area contributed by atoms with Crippen LogP contribution in [0, 0.1) is 17.8 Å². The second-order valence-electron chi connectivity index (χ2n) is 29.1. The van der Waals surface area contributed by atoms with Crippen LogP contribution in [0.4, 0.5) is 0 Å². The van der Waals surface area contributed by atoms with E-state index in [1.165, 1.54) is 36.2 Å². The van der Waals surface area contributed by atoms with Gasteiger partial charge >= 0.3 is 17.9 Å². The van der Waals surface area contributed by atoms with Gasteiger partial charge in [-0.15, -0.1) is 0 Å². The molecule has 0 aliphatic carbocycles. The van der Waals surface area contributed by atoms with Crippen molar-refractivity contribution in [1.82, 2.24) is 72.9 Å². The zero-order valence-corrected chi connectivity index (χ0v) is 64.0. The van der Waals surface area contributed by atoms with Crippen LogP contribution in [0.3, 0.4) is 0 Å². The van der Waals surface area contributed by atoms with E-state index in [0.29, 0.717) is 43.5 Å². The van der Waals surface area contributed by atoms with Crippen molar-refractivity contribution in [2.24, 2.45) is 51.4 Å². The van der Waals surface area contributed by atoms with Crippen LogP contribution in [-0.4, -0.2) is 253 Å². The van der Waals surface area contributed by atoms with E-state index in [4.69, 9.17) is 28.7 Å². The summed E-state index contributed by atoms with van der Waals surface area (Å²) in [7, 11) is 0. The predicted molar refractivity (Wildman–Crippen MR) is 403 cm³/mol. The summed E-state index contributed by atoms with van der Waals surface area (Å²) in [6.07, 6.45) is 3.01. The van der Waals surface area contributed by atoms with Crippen LogP contribution in [0.15, 0.2) is 47.8 Å². The quantitative estimate of drug-likeness (QED) is 0.0170. The summed E-state index contributed by atoms with van der Waals surface area (Å²) in [5, 5.41) is 65.8. The number of nitrogens with two attached hydrogens (primary N) is 5. The van der Waals surface area contributed by atoms with Gasteiger partial charge in [-0.05, 0) is 126 Å². The molecule has 2 fully saturated rings. The van der Waals surface area contributed by atoms with Gasteiger partial charge in [0.2, 0.25) is 70.9 Å². The third kappa shape index (κ3) is 31.8. The number of carboxylic acids is 3. The summed E-state index contributed by atoms with van der Waals surface area (Å²) >= 11 is 0. The molecule has 111 heavy (non-hydrogen) atoms. The molecule has 2 aromatic rings. The molecule has 1 aromatic carbocycles. The number of aromatic nitrogens is 2. The fraction of sp³-hybridized carbons (Fsp3) is 0.653. The molecule has 1 aromatic heterocycles. The third-order valence-corrected chi connectivity index (χ3v) is 18.6. The zero-order chi connectivity index (χ0) is 82.6. The van der Waals surface area contributed by atoms with Crippen LogP contribution in [0.25, 0.3) is 0 Å². The van der Waals surface area contributed by atoms with Crippen LogP contribution >= 0.6 is 0 Å². The van der Waals surface area contributed by atoms with Crippen LogP contribution in [-0.2, 0) is 84.8 Å². The third-order valence-electron chi connectivity index (χ3n) is 18.6. The highest BCUT2D eigenvalue weighted by Gasteiger charge is 2.44.